The van der Waals surface area contributed by atoms with Crippen molar-refractivity contribution >= 4 is 50.8 Å². The van der Waals surface area contributed by atoms with Gasteiger partial charge in [0.25, 0.3) is 10.0 Å². The zero-order valence-corrected chi connectivity index (χ0v) is 19.0. The Morgan fingerprint density at radius 3 is 2.72 bits per heavy atom. The highest BCUT2D eigenvalue weighted by atomic mass is 35.5. The molecule has 3 rings (SSSR count). The molecule has 0 amide bonds. The highest BCUT2D eigenvalue weighted by molar-refractivity contribution is 7.89. The molecule has 0 saturated carbocycles. The predicted molar refractivity (Wildman–Crippen MR) is 126 cm³/mol. The lowest BCUT2D eigenvalue weighted by atomic mass is 9.99. The van der Waals surface area contributed by atoms with Gasteiger partial charge >= 0.3 is 0 Å². The van der Waals surface area contributed by atoms with Crippen LogP contribution in [0.25, 0.3) is 16.5 Å². The number of anilines is 1. The Hall–Kier alpha value is -3.30. The minimum Gasteiger partial charge on any atom is -0.368 e. The maximum atomic E-state index is 15.0. The zero-order valence-electron chi connectivity index (χ0n) is 17.4. The Kier molecular flexibility index (Phi) is 6.90. The first-order valence-corrected chi connectivity index (χ1v) is 11.4. The summed E-state index contributed by atoms with van der Waals surface area (Å²) in [7, 11) is -4.16. The van der Waals surface area contributed by atoms with Crippen molar-refractivity contribution in [1.29, 1.82) is 0 Å². The monoisotopic (exact) mass is 473 g/mol. The first-order chi connectivity index (χ1) is 15.2. The van der Waals surface area contributed by atoms with Gasteiger partial charge in [0.1, 0.15) is 4.90 Å². The lowest BCUT2D eigenvalue weighted by Crippen LogP contribution is -2.23. The largest absolute Gasteiger partial charge is 0.368 e. The number of nitrogens with zero attached hydrogens (tertiary/aromatic N) is 3. The topological polar surface area (TPSA) is 110 Å². The number of nitrogen functional groups attached to an aromatic ring is 1. The quantitative estimate of drug-likeness (QED) is 0.383. The normalized spacial score (nSPS) is 13.1. The molecule has 32 heavy (non-hydrogen) atoms. The van der Waals surface area contributed by atoms with Crippen molar-refractivity contribution in [3.63, 3.8) is 0 Å². The van der Waals surface area contributed by atoms with Gasteiger partial charge in [0.15, 0.2) is 11.6 Å². The fraction of sp³-hybridized carbons (Fsp3) is 0.136. The molecule has 0 fully saturated rings. The average Bonchev–Trinajstić information content (AvgIpc) is 2.76. The number of hydrogen-bond acceptors (Lipinski definition) is 6. The molecule has 166 valence electrons. The van der Waals surface area contributed by atoms with E-state index in [0.717, 1.165) is 22.0 Å². The molecular formula is C22H21ClFN5O2S. The molecule has 3 aromatic rings. The highest BCUT2D eigenvalue weighted by Crippen LogP contribution is 2.27. The van der Waals surface area contributed by atoms with E-state index in [1.54, 1.807) is 19.2 Å². The number of benzene rings is 2. The number of allylic oxidation sites excluding steroid dienone is 3. The second-order valence-electron chi connectivity index (χ2n) is 6.87. The van der Waals surface area contributed by atoms with Gasteiger partial charge in [0, 0.05) is 11.6 Å². The Balaban J connectivity index is 2.01. The smallest absolute Gasteiger partial charge is 0.264 e. The second-order valence-corrected chi connectivity index (χ2v) is 8.93. The third kappa shape index (κ3) is 4.95. The molecular weight excluding hydrogens is 453 g/mol. The minimum absolute atomic E-state index is 0.00153. The molecule has 1 aromatic heterocycles. The SMILES string of the molecule is C=N/C(NS(=O)(=O)c1ccccc1Cl)=C(F)\C=C(/C)c1cc(CC)c2nc(N)ncc2c1. The molecule has 0 atom stereocenters. The Morgan fingerprint density at radius 1 is 1.34 bits per heavy atom. The van der Waals surface area contributed by atoms with Gasteiger partial charge in [0.2, 0.25) is 5.95 Å². The summed E-state index contributed by atoms with van der Waals surface area (Å²) in [6.07, 6.45) is 3.47. The van der Waals surface area contributed by atoms with E-state index in [-0.39, 0.29) is 15.9 Å². The number of nitrogens with one attached hydrogen (secondary N) is 1. The van der Waals surface area contributed by atoms with Gasteiger partial charge in [-0.25, -0.2) is 27.8 Å². The van der Waals surface area contributed by atoms with E-state index in [4.69, 9.17) is 17.3 Å². The number of sulfonamides is 1. The molecule has 0 saturated heterocycles. The van der Waals surface area contributed by atoms with Crippen LogP contribution in [0.4, 0.5) is 10.3 Å². The van der Waals surface area contributed by atoms with E-state index < -0.39 is 21.7 Å². The Labute approximate surface area is 190 Å². The van der Waals surface area contributed by atoms with Crippen molar-refractivity contribution in [1.82, 2.24) is 14.7 Å². The highest BCUT2D eigenvalue weighted by Gasteiger charge is 2.20. The van der Waals surface area contributed by atoms with Crippen molar-refractivity contribution in [3.05, 3.63) is 76.5 Å². The van der Waals surface area contributed by atoms with Gasteiger partial charge in [-0.2, -0.15) is 0 Å². The number of nitrogens with two attached hydrogens (primary N) is 1. The molecule has 1 heterocycles. The molecule has 2 aromatic carbocycles. The fourth-order valence-corrected chi connectivity index (χ4v) is 4.62. The third-order valence-electron chi connectivity index (χ3n) is 4.70. The number of hydrogen-bond donors (Lipinski definition) is 2. The molecule has 0 radical (unpaired) electrons. The predicted octanol–water partition coefficient (Wildman–Crippen LogP) is 4.65. The summed E-state index contributed by atoms with van der Waals surface area (Å²) >= 11 is 5.96. The van der Waals surface area contributed by atoms with E-state index in [1.165, 1.54) is 24.3 Å². The zero-order chi connectivity index (χ0) is 23.5. The number of aryl methyl sites for hydroxylation is 1. The van der Waals surface area contributed by atoms with E-state index >= 15 is 0 Å². The van der Waals surface area contributed by atoms with Gasteiger partial charge < -0.3 is 5.73 Å². The van der Waals surface area contributed by atoms with Crippen LogP contribution in [0.1, 0.15) is 25.0 Å². The number of halogens is 2. The lowest BCUT2D eigenvalue weighted by Gasteiger charge is -2.11. The van der Waals surface area contributed by atoms with E-state index in [1.807, 2.05) is 19.1 Å². The number of rotatable bonds is 7. The average molecular weight is 474 g/mol. The van der Waals surface area contributed by atoms with Crippen LogP contribution in [0.3, 0.4) is 0 Å². The van der Waals surface area contributed by atoms with Crippen LogP contribution >= 0.6 is 11.6 Å². The van der Waals surface area contributed by atoms with Crippen LogP contribution in [-0.2, 0) is 16.4 Å². The summed E-state index contributed by atoms with van der Waals surface area (Å²) < 4.78 is 42.3. The van der Waals surface area contributed by atoms with Crippen molar-refractivity contribution in [2.24, 2.45) is 4.99 Å². The standard InChI is InChI=1S/C22H21ClFN5O2S/c1-4-14-10-15(11-16-12-27-22(25)28-20(14)16)13(2)9-18(24)21(26-3)29-32(30,31)19-8-6-5-7-17(19)23/h5-12,29H,3-4H2,1-2H3,(H2,25,27,28)/b13-9+,21-18-. The molecule has 3 N–H and O–H groups in total. The minimum atomic E-state index is -4.16. The molecule has 0 bridgehead atoms. The van der Waals surface area contributed by atoms with E-state index in [9.17, 15) is 12.8 Å². The molecule has 7 nitrogen and oxygen atoms in total. The maximum absolute atomic E-state index is 15.0. The summed E-state index contributed by atoms with van der Waals surface area (Å²) in [6.45, 7) is 6.94. The number of aliphatic imine (C=N–C) groups is 1. The van der Waals surface area contributed by atoms with E-state index in [2.05, 4.69) is 26.4 Å². The number of aromatic nitrogens is 2. The van der Waals surface area contributed by atoms with Gasteiger partial charge in [0.05, 0.1) is 10.5 Å². The summed E-state index contributed by atoms with van der Waals surface area (Å²) in [5.41, 5.74) is 8.60. The maximum Gasteiger partial charge on any atom is 0.264 e. The molecule has 0 unspecified atom stereocenters. The molecule has 0 spiro atoms. The van der Waals surface area contributed by atoms with Crippen molar-refractivity contribution in [3.8, 4) is 0 Å². The molecule has 0 aliphatic heterocycles. The van der Waals surface area contributed by atoms with Gasteiger partial charge in [-0.3, -0.25) is 4.72 Å². The van der Waals surface area contributed by atoms with Crippen molar-refractivity contribution in [2.75, 3.05) is 5.73 Å². The van der Waals surface area contributed by atoms with Crippen LogP contribution in [-0.4, -0.2) is 25.1 Å². The summed E-state index contributed by atoms with van der Waals surface area (Å²) in [4.78, 5) is 11.6. The van der Waals surface area contributed by atoms with Crippen LogP contribution in [0.15, 0.2) is 70.2 Å². The van der Waals surface area contributed by atoms with Crippen LogP contribution in [0.2, 0.25) is 5.02 Å². The van der Waals surface area contributed by atoms with Crippen LogP contribution in [0, 0.1) is 0 Å². The third-order valence-corrected chi connectivity index (χ3v) is 6.54. The van der Waals surface area contributed by atoms with Gasteiger partial charge in [-0.15, -0.1) is 0 Å². The summed E-state index contributed by atoms with van der Waals surface area (Å²) in [6, 6.07) is 9.51. The van der Waals surface area contributed by atoms with Crippen LogP contribution < -0.4 is 10.5 Å². The fourth-order valence-electron chi connectivity index (χ4n) is 3.07. The molecule has 10 heteroatoms. The van der Waals surface area contributed by atoms with Gasteiger partial charge in [-0.1, -0.05) is 30.7 Å². The first kappa shape index (κ1) is 23.4. The summed E-state index contributed by atoms with van der Waals surface area (Å²) in [5.74, 6) is -1.27. The van der Waals surface area contributed by atoms with Crippen molar-refractivity contribution < 1.29 is 12.8 Å². The molecule has 0 aliphatic rings. The van der Waals surface area contributed by atoms with Gasteiger partial charge in [-0.05, 0) is 67.1 Å². The summed E-state index contributed by atoms with van der Waals surface area (Å²) in [5, 5.41) is 0.758. The lowest BCUT2D eigenvalue weighted by molar-refractivity contribution is 0.583. The Morgan fingerprint density at radius 2 is 2.06 bits per heavy atom. The van der Waals surface area contributed by atoms with E-state index in [0.29, 0.717) is 12.0 Å². The number of fused-ring (bicyclic) bond motifs is 1. The first-order valence-electron chi connectivity index (χ1n) is 9.54. The second kappa shape index (κ2) is 9.46. The molecule has 0 aliphatic carbocycles. The van der Waals surface area contributed by atoms with Crippen LogP contribution in [0.5, 0.6) is 0 Å². The van der Waals surface area contributed by atoms with Crippen molar-refractivity contribution in [2.45, 2.75) is 25.2 Å². The Bertz CT molecular complexity index is 1370.